The van der Waals surface area contributed by atoms with Gasteiger partial charge in [-0.15, -0.1) is 0 Å². The van der Waals surface area contributed by atoms with Crippen LogP contribution in [0.4, 0.5) is 80.0 Å². The summed E-state index contributed by atoms with van der Waals surface area (Å²) in [6, 6.07) is 39.8. The molecule has 28 nitrogen and oxygen atoms in total. The minimum atomic E-state index is -0.821. The highest BCUT2D eigenvalue weighted by Gasteiger charge is 2.27. The first-order chi connectivity index (χ1) is 65.0. The van der Waals surface area contributed by atoms with Gasteiger partial charge >= 0.3 is 54.3 Å². The number of aliphatic carboxylic acids is 1. The molecule has 0 bridgehead atoms. The van der Waals surface area contributed by atoms with Crippen molar-refractivity contribution in [1.29, 1.82) is 0 Å². The van der Waals surface area contributed by atoms with E-state index in [4.69, 9.17) is 35.7 Å². The summed E-state index contributed by atoms with van der Waals surface area (Å²) in [6.07, 6.45) is 9.61. The Morgan fingerprint density at radius 1 is 0.341 bits per heavy atom. The number of alkyl halides is 1. The van der Waals surface area contributed by atoms with Crippen LogP contribution in [0.3, 0.4) is 0 Å². The number of benzene rings is 6. The zero-order valence-corrected chi connectivity index (χ0v) is 90.3. The smallest absolute Gasteiger partial charge is 0.412 e. The average molecular weight is 1970 g/mol. The first-order valence-corrected chi connectivity index (χ1v) is 50.0. The molecule has 0 unspecified atom stereocenters. The number of urea groups is 3. The minimum Gasteiger partial charge on any atom is -0.481 e. The third-order valence-corrected chi connectivity index (χ3v) is 21.3. The molecule has 0 saturated carbocycles. The van der Waals surface area contributed by atoms with Crippen LogP contribution in [0.5, 0.6) is 0 Å². The van der Waals surface area contributed by atoms with Gasteiger partial charge in [0.1, 0.15) is 0 Å². The largest absolute Gasteiger partial charge is 0.481 e. The van der Waals surface area contributed by atoms with Crippen molar-refractivity contribution in [2.45, 2.75) is 274 Å². The third kappa shape index (κ3) is 54.6. The van der Waals surface area contributed by atoms with Crippen molar-refractivity contribution >= 4 is 131 Å². The summed E-state index contributed by atoms with van der Waals surface area (Å²) in [7, 11) is 4.96. The Kier molecular flexibility index (Phi) is 67.0. The lowest BCUT2D eigenvalue weighted by atomic mass is 9.92. The molecule has 776 valence electrons. The zero-order chi connectivity index (χ0) is 103. The highest BCUT2D eigenvalue weighted by atomic mass is 35.5. The summed E-state index contributed by atoms with van der Waals surface area (Å²) in [5.41, 5.74) is 13.1. The average Bonchev–Trinajstić information content (AvgIpc) is 0.821. The number of hydrogen-bond donors (Lipinski definition) is 8. The second kappa shape index (κ2) is 72.6. The molecule has 138 heavy (non-hydrogen) atoms. The molecular formula is C108H175ClN12O16S. The Balaban J connectivity index is 0.00000185. The number of aryl methyl sites for hydroxylation is 3. The van der Waals surface area contributed by atoms with Gasteiger partial charge in [-0.25, -0.2) is 28.8 Å². The summed E-state index contributed by atoms with van der Waals surface area (Å²) in [5.74, 6) is 0.468. The predicted molar refractivity (Wildman–Crippen MR) is 575 cm³/mol. The molecule has 8 N–H and O–H groups in total. The number of carbonyl (C=O) groups is 9. The molecular weight excluding hydrogens is 1790 g/mol. The van der Waals surface area contributed by atoms with Gasteiger partial charge in [0.15, 0.2) is 6.07 Å². The standard InChI is InChI=1S/2C33H50N4O5.C27H39N3O3.C6H12ClNO2.C5H12.C4H10O.H2S/c2*1-9-17-36(8)33(40)42-22-41-31(38)19-26(10-2)27-13-16-30(37(20-23(3)4)21-24(5)6)29(18-27)35-32(39)34-28-14-11-25(7)12-15-28;1-7-21(15-26(31)32)22-10-13-25(30(16-18(2)3)17-19(4)5)24(14-22)29-27(33)28-23-11-8-20(6)9-12-23;1-3-4-8(2)6(9)10-5-7;1-3-5-4-2;1-2-3-4-5;/h2*11-16,18,23-24,26H,9-10,17,19-22H2,1-8H3,(H2,34,35,39);8-14,18-19,21H,7,15-17H2,1-6H3,(H,31,32)(H2,28,29,33);3-5H2,1-2H3;3-5H2,1-2H3;5H,2-4H2,1H3;1H2/t2*26-;21-;;;;/m000..../s1. The van der Waals surface area contributed by atoms with Gasteiger partial charge in [0.2, 0.25) is 13.6 Å². The van der Waals surface area contributed by atoms with E-state index in [1.165, 1.54) is 34.0 Å². The molecule has 0 radical (unpaired) electrons. The Morgan fingerprint density at radius 3 is 0.797 bits per heavy atom. The van der Waals surface area contributed by atoms with Crippen LogP contribution in [0, 0.1) is 56.3 Å². The molecule has 0 aliphatic rings. The number of unbranched alkanes of at least 4 members (excludes halogenated alkanes) is 3. The molecule has 6 aromatic rings. The monoisotopic (exact) mass is 1960 g/mol. The van der Waals surface area contributed by atoms with Crippen LogP contribution in [0.2, 0.25) is 0 Å². The lowest BCUT2D eigenvalue weighted by molar-refractivity contribution is -0.154. The summed E-state index contributed by atoms with van der Waals surface area (Å²) < 4.78 is 25.1. The molecule has 0 aliphatic carbocycles. The number of nitrogens with one attached hydrogen (secondary N) is 6. The Bertz CT molecular complexity index is 4210. The number of aliphatic hydroxyl groups excluding tert-OH is 1. The summed E-state index contributed by atoms with van der Waals surface area (Å²) >= 11 is 5.17. The number of esters is 2. The Labute approximate surface area is 840 Å². The van der Waals surface area contributed by atoms with Gasteiger partial charge in [-0.05, 0) is 208 Å². The van der Waals surface area contributed by atoms with Crippen LogP contribution in [0.15, 0.2) is 127 Å². The number of carbonyl (C=O) groups excluding carboxylic acids is 8. The Hall–Kier alpha value is -10.7. The lowest BCUT2D eigenvalue weighted by Crippen LogP contribution is -2.32. The van der Waals surface area contributed by atoms with Crippen molar-refractivity contribution in [2.75, 3.05) is 153 Å². The predicted octanol–water partition coefficient (Wildman–Crippen LogP) is 26.7. The van der Waals surface area contributed by atoms with Crippen LogP contribution in [0.1, 0.15) is 286 Å². The van der Waals surface area contributed by atoms with Crippen molar-refractivity contribution in [3.8, 4) is 0 Å². The van der Waals surface area contributed by atoms with Crippen molar-refractivity contribution in [1.82, 2.24) is 14.7 Å². The highest BCUT2D eigenvalue weighted by molar-refractivity contribution is 7.59. The summed E-state index contributed by atoms with van der Waals surface area (Å²) in [4.78, 5) is 122. The molecule has 0 heterocycles. The number of anilines is 9. The quantitative estimate of drug-likeness (QED) is 0.00761. The SMILES string of the molecule is CCCCC.CCCCO.CCCN(C)C(=O)OCCl.CCCN(C)C(=O)OCOC(=O)C[C@H](CC)c1ccc(N(CC(C)C)CC(C)C)c(NC(=O)Nc2ccc(C)cc2)c1.CCCN(C)C(=O)OCOC(=O)C[C@H](CC)c1ccc(N(CC(C)C)CC(C)C)c(NC(=O)Nc2ccc(C)cc2)c1.CC[C@@H](CC(=O)O)c1ccc(N(CC(C)C)CC(C)C)c(NC(=O)Nc2ccc(C)cc2)c1.S. The first kappa shape index (κ1) is 127. The van der Waals surface area contributed by atoms with E-state index >= 15 is 0 Å². The molecule has 0 aromatic heterocycles. The summed E-state index contributed by atoms with van der Waals surface area (Å²) in [6.45, 7) is 56.9. The second-order valence-corrected chi connectivity index (χ2v) is 37.6. The van der Waals surface area contributed by atoms with E-state index in [1.807, 2.05) is 190 Å². The second-order valence-electron chi connectivity index (χ2n) is 37.4. The first-order valence-electron chi connectivity index (χ1n) is 49.4. The number of ether oxygens (including phenoxy) is 5. The normalized spacial score (nSPS) is 11.2. The number of aliphatic hydroxyl groups is 1. The van der Waals surface area contributed by atoms with Gasteiger partial charge in [-0.1, -0.05) is 254 Å². The number of hydrogen-bond acceptors (Lipinski definition) is 18. The molecule has 0 aliphatic heterocycles. The molecule has 3 atom stereocenters. The number of rotatable bonds is 48. The van der Waals surface area contributed by atoms with Crippen molar-refractivity contribution in [2.24, 2.45) is 35.5 Å². The van der Waals surface area contributed by atoms with Gasteiger partial charge in [-0.3, -0.25) is 14.4 Å². The number of amides is 9. The van der Waals surface area contributed by atoms with Crippen LogP contribution in [-0.2, 0) is 38.1 Å². The Morgan fingerprint density at radius 2 is 0.594 bits per heavy atom. The van der Waals surface area contributed by atoms with Crippen LogP contribution in [-0.4, -0.2) is 185 Å². The number of nitrogens with zero attached hydrogens (tertiary/aromatic N) is 6. The van der Waals surface area contributed by atoms with Gasteiger partial charge < -0.3 is 95.2 Å². The maximum absolute atomic E-state index is 13.1. The lowest BCUT2D eigenvalue weighted by Gasteiger charge is -2.31. The summed E-state index contributed by atoms with van der Waals surface area (Å²) in [5, 5.41) is 35.3. The van der Waals surface area contributed by atoms with Crippen LogP contribution >= 0.6 is 25.1 Å². The number of halogens is 1. The van der Waals surface area contributed by atoms with Crippen LogP contribution in [0.25, 0.3) is 0 Å². The van der Waals surface area contributed by atoms with Gasteiger partial charge in [0, 0.05) is 104 Å². The van der Waals surface area contributed by atoms with E-state index in [-0.39, 0.29) is 80.8 Å². The number of carboxylic acid groups (broad SMARTS) is 1. The fourth-order valence-electron chi connectivity index (χ4n) is 14.5. The van der Waals surface area contributed by atoms with E-state index < -0.39 is 43.7 Å². The van der Waals surface area contributed by atoms with Crippen molar-refractivity contribution < 1.29 is 77.0 Å². The van der Waals surface area contributed by atoms with Gasteiger partial charge in [0.25, 0.3) is 0 Å². The maximum atomic E-state index is 13.1. The number of carboxylic acids is 1. The van der Waals surface area contributed by atoms with E-state index in [0.29, 0.717) is 115 Å². The van der Waals surface area contributed by atoms with E-state index in [1.54, 1.807) is 21.1 Å². The third-order valence-electron chi connectivity index (χ3n) is 21.2. The molecule has 0 saturated heterocycles. The van der Waals surface area contributed by atoms with Crippen LogP contribution < -0.4 is 46.6 Å². The van der Waals surface area contributed by atoms with Crippen molar-refractivity contribution in [3.63, 3.8) is 0 Å². The van der Waals surface area contributed by atoms with E-state index in [9.17, 15) is 48.3 Å². The fourth-order valence-corrected chi connectivity index (χ4v) is 14.6. The molecule has 30 heteroatoms. The molecule has 0 spiro atoms. The van der Waals surface area contributed by atoms with Gasteiger partial charge in [0.05, 0.1) is 53.4 Å². The van der Waals surface area contributed by atoms with Gasteiger partial charge in [-0.2, -0.15) is 13.5 Å². The highest BCUT2D eigenvalue weighted by Crippen LogP contribution is 2.38. The fraction of sp³-hybridized carbons (Fsp3) is 0.583. The molecule has 6 rings (SSSR count). The molecule has 9 amide bonds. The van der Waals surface area contributed by atoms with E-state index in [0.717, 1.165) is 122 Å². The van der Waals surface area contributed by atoms with Crippen molar-refractivity contribution in [3.05, 3.63) is 161 Å². The zero-order valence-electron chi connectivity index (χ0n) is 88.6. The molecule has 6 aromatic carbocycles. The minimum absolute atomic E-state index is 0. The maximum Gasteiger partial charge on any atom is 0.412 e. The van der Waals surface area contributed by atoms with E-state index in [2.05, 4.69) is 155 Å². The topological polar surface area (TPSA) is 332 Å². The molecule has 0 fully saturated rings.